The minimum Gasteiger partial charge on any atom is -0.341 e. The average molecular weight is 271 g/mol. The Hall–Kier alpha value is -2.17. The Morgan fingerprint density at radius 2 is 2.05 bits per heavy atom. The van der Waals surface area contributed by atoms with Crippen LogP contribution >= 0.6 is 0 Å². The molecule has 2 aromatic rings. The Morgan fingerprint density at radius 3 is 2.80 bits per heavy atom. The van der Waals surface area contributed by atoms with Gasteiger partial charge in [-0.3, -0.25) is 14.6 Å². The molecule has 1 aliphatic heterocycles. The number of likely N-dealkylation sites (tertiary alicyclic amines) is 1. The molecule has 0 radical (unpaired) electrons. The van der Waals surface area contributed by atoms with Crippen LogP contribution in [0.5, 0.6) is 0 Å². The maximum absolute atomic E-state index is 12.4. The molecular weight excluding hydrogens is 254 g/mol. The molecule has 104 valence electrons. The average Bonchev–Trinajstić information content (AvgIpc) is 3.01. The summed E-state index contributed by atoms with van der Waals surface area (Å²) in [6, 6.07) is 4.80. The van der Waals surface area contributed by atoms with Crippen LogP contribution in [0.2, 0.25) is 0 Å². The highest BCUT2D eigenvalue weighted by Crippen LogP contribution is 2.15. The molecule has 0 saturated carbocycles. The van der Waals surface area contributed by atoms with E-state index in [0.29, 0.717) is 10.9 Å². The third-order valence-electron chi connectivity index (χ3n) is 3.89. The summed E-state index contributed by atoms with van der Waals surface area (Å²) in [4.78, 5) is 30.8. The Morgan fingerprint density at radius 1 is 1.30 bits per heavy atom. The molecule has 3 heterocycles. The van der Waals surface area contributed by atoms with Gasteiger partial charge in [0.1, 0.15) is 6.04 Å². The van der Waals surface area contributed by atoms with E-state index in [1.807, 2.05) is 4.90 Å². The van der Waals surface area contributed by atoms with Gasteiger partial charge < -0.3 is 9.47 Å². The number of rotatable bonds is 2. The van der Waals surface area contributed by atoms with E-state index in [9.17, 15) is 9.59 Å². The number of aromatic nitrogens is 2. The van der Waals surface area contributed by atoms with Crippen LogP contribution in [0.3, 0.4) is 0 Å². The first-order chi connectivity index (χ1) is 9.68. The zero-order valence-electron chi connectivity index (χ0n) is 11.5. The smallest absolute Gasteiger partial charge is 0.260 e. The normalized spacial score (nSPS) is 16.6. The predicted molar refractivity (Wildman–Crippen MR) is 76.5 cm³/mol. The highest BCUT2D eigenvalue weighted by atomic mass is 16.2. The van der Waals surface area contributed by atoms with E-state index in [1.165, 1.54) is 4.57 Å². The molecule has 20 heavy (non-hydrogen) atoms. The van der Waals surface area contributed by atoms with Gasteiger partial charge in [0.15, 0.2) is 0 Å². The number of carbonyl (C=O) groups is 1. The van der Waals surface area contributed by atoms with Crippen LogP contribution in [0.15, 0.2) is 35.4 Å². The molecule has 5 nitrogen and oxygen atoms in total. The maximum Gasteiger partial charge on any atom is 0.260 e. The maximum atomic E-state index is 12.4. The Kier molecular flexibility index (Phi) is 3.26. The molecule has 1 amide bonds. The highest BCUT2D eigenvalue weighted by molar-refractivity contribution is 5.81. The number of hydrogen-bond acceptors (Lipinski definition) is 3. The molecule has 1 atom stereocenters. The van der Waals surface area contributed by atoms with Crippen LogP contribution in [0, 0.1) is 0 Å². The van der Waals surface area contributed by atoms with Crippen LogP contribution in [0.1, 0.15) is 25.8 Å². The minimum absolute atomic E-state index is 0.0211. The zero-order valence-corrected chi connectivity index (χ0v) is 11.5. The van der Waals surface area contributed by atoms with Crippen molar-refractivity contribution in [2.45, 2.75) is 25.8 Å². The fourth-order valence-electron chi connectivity index (χ4n) is 2.71. The summed E-state index contributed by atoms with van der Waals surface area (Å²) in [6.07, 6.45) is 5.42. The molecule has 3 rings (SSSR count). The Labute approximate surface area is 116 Å². The van der Waals surface area contributed by atoms with E-state index in [0.717, 1.165) is 25.9 Å². The fourth-order valence-corrected chi connectivity index (χ4v) is 2.71. The number of pyridine rings is 2. The third kappa shape index (κ3) is 2.09. The Balaban J connectivity index is 1.99. The van der Waals surface area contributed by atoms with Gasteiger partial charge in [0.25, 0.3) is 5.56 Å². The van der Waals surface area contributed by atoms with Crippen molar-refractivity contribution in [1.82, 2.24) is 14.5 Å². The lowest BCUT2D eigenvalue weighted by molar-refractivity contribution is -0.133. The second-order valence-electron chi connectivity index (χ2n) is 5.17. The molecule has 1 fully saturated rings. The molecule has 1 aliphatic rings. The topological polar surface area (TPSA) is 55.2 Å². The number of nitrogens with zero attached hydrogens (tertiary/aromatic N) is 3. The van der Waals surface area contributed by atoms with Crippen LogP contribution in [0.4, 0.5) is 0 Å². The number of fused-ring (bicyclic) bond motifs is 1. The van der Waals surface area contributed by atoms with Crippen molar-refractivity contribution >= 4 is 16.8 Å². The van der Waals surface area contributed by atoms with Crippen molar-refractivity contribution in [2.24, 2.45) is 0 Å². The van der Waals surface area contributed by atoms with Crippen molar-refractivity contribution in [1.29, 1.82) is 0 Å². The van der Waals surface area contributed by atoms with E-state index >= 15 is 0 Å². The second kappa shape index (κ2) is 5.07. The van der Waals surface area contributed by atoms with Crippen LogP contribution in [-0.4, -0.2) is 33.4 Å². The molecule has 0 unspecified atom stereocenters. The second-order valence-corrected chi connectivity index (χ2v) is 5.17. The molecule has 0 aromatic carbocycles. The van der Waals surface area contributed by atoms with Crippen LogP contribution in [-0.2, 0) is 4.79 Å². The molecule has 0 spiro atoms. The highest BCUT2D eigenvalue weighted by Gasteiger charge is 2.25. The number of hydrogen-bond donors (Lipinski definition) is 0. The van der Waals surface area contributed by atoms with Gasteiger partial charge in [-0.25, -0.2) is 0 Å². The standard InChI is InChI=1S/C15H17N3O2/c1-11(14(19)17-8-2-3-9-17)18-10-6-13-12(15(18)20)5-4-7-16-13/h4-7,10-11H,2-3,8-9H2,1H3/t11-/m0/s1. The first-order valence-corrected chi connectivity index (χ1v) is 6.93. The van der Waals surface area contributed by atoms with Crippen molar-refractivity contribution in [3.63, 3.8) is 0 Å². The van der Waals surface area contributed by atoms with E-state index in [1.54, 1.807) is 37.5 Å². The van der Waals surface area contributed by atoms with Gasteiger partial charge in [0, 0.05) is 25.5 Å². The van der Waals surface area contributed by atoms with Gasteiger partial charge in [-0.05, 0) is 38.0 Å². The first kappa shape index (κ1) is 12.8. The quantitative estimate of drug-likeness (QED) is 0.833. The summed E-state index contributed by atoms with van der Waals surface area (Å²) >= 11 is 0. The minimum atomic E-state index is -0.467. The molecule has 2 aromatic heterocycles. The van der Waals surface area contributed by atoms with Gasteiger partial charge in [0.2, 0.25) is 5.91 Å². The summed E-state index contributed by atoms with van der Waals surface area (Å²) in [7, 11) is 0. The number of amides is 1. The van der Waals surface area contributed by atoms with Crippen molar-refractivity contribution in [3.8, 4) is 0 Å². The molecule has 5 heteroatoms. The van der Waals surface area contributed by atoms with Gasteiger partial charge in [-0.1, -0.05) is 0 Å². The lowest BCUT2D eigenvalue weighted by Gasteiger charge is -2.22. The van der Waals surface area contributed by atoms with Gasteiger partial charge >= 0.3 is 0 Å². The molecule has 0 bridgehead atoms. The first-order valence-electron chi connectivity index (χ1n) is 6.93. The molecule has 1 saturated heterocycles. The third-order valence-corrected chi connectivity index (χ3v) is 3.89. The van der Waals surface area contributed by atoms with E-state index in [4.69, 9.17) is 0 Å². The summed E-state index contributed by atoms with van der Waals surface area (Å²) < 4.78 is 1.50. The predicted octanol–water partition coefficient (Wildman–Crippen LogP) is 1.58. The van der Waals surface area contributed by atoms with E-state index < -0.39 is 6.04 Å². The van der Waals surface area contributed by atoms with Crippen molar-refractivity contribution < 1.29 is 4.79 Å². The zero-order chi connectivity index (χ0) is 14.1. The van der Waals surface area contributed by atoms with Gasteiger partial charge in [0.05, 0.1) is 10.9 Å². The van der Waals surface area contributed by atoms with E-state index in [2.05, 4.69) is 4.98 Å². The van der Waals surface area contributed by atoms with Gasteiger partial charge in [-0.2, -0.15) is 0 Å². The monoisotopic (exact) mass is 271 g/mol. The summed E-state index contributed by atoms with van der Waals surface area (Å²) in [5.41, 5.74) is 0.505. The molecule has 0 aliphatic carbocycles. The largest absolute Gasteiger partial charge is 0.341 e. The lowest BCUT2D eigenvalue weighted by Crippen LogP contribution is -2.37. The fraction of sp³-hybridized carbons (Fsp3) is 0.400. The van der Waals surface area contributed by atoms with Crippen molar-refractivity contribution in [3.05, 3.63) is 40.9 Å². The lowest BCUT2D eigenvalue weighted by atomic mass is 10.2. The van der Waals surface area contributed by atoms with Crippen LogP contribution in [0.25, 0.3) is 10.9 Å². The summed E-state index contributed by atoms with van der Waals surface area (Å²) in [5, 5.41) is 0.552. The SMILES string of the molecule is C[C@@H](C(=O)N1CCCC1)n1ccc2ncccc2c1=O. The van der Waals surface area contributed by atoms with Crippen LogP contribution < -0.4 is 5.56 Å². The molecule has 0 N–H and O–H groups in total. The van der Waals surface area contributed by atoms with E-state index in [-0.39, 0.29) is 11.5 Å². The number of carbonyl (C=O) groups excluding carboxylic acids is 1. The van der Waals surface area contributed by atoms with Gasteiger partial charge in [-0.15, -0.1) is 0 Å². The molecular formula is C15H17N3O2. The summed E-state index contributed by atoms with van der Waals surface area (Å²) in [6.45, 7) is 3.38. The summed E-state index contributed by atoms with van der Waals surface area (Å²) in [5.74, 6) is 0.0211. The Bertz CT molecular complexity index is 702. The van der Waals surface area contributed by atoms with Crippen molar-refractivity contribution in [2.75, 3.05) is 13.1 Å².